The molecule has 108 valence electrons. The van der Waals surface area contributed by atoms with E-state index in [0.717, 1.165) is 5.56 Å². The van der Waals surface area contributed by atoms with E-state index in [1.54, 1.807) is 18.2 Å². The fourth-order valence-corrected chi connectivity index (χ4v) is 2.22. The van der Waals surface area contributed by atoms with Gasteiger partial charge in [-0.25, -0.2) is 0 Å². The number of carbonyl (C=O) groups excluding carboxylic acids is 1. The molecule has 0 aromatic heterocycles. The minimum Gasteiger partial charge on any atom is -0.399 e. The molecular weight excluding hydrogens is 331 g/mol. The van der Waals surface area contributed by atoms with Gasteiger partial charge in [0.05, 0.1) is 20.8 Å². The van der Waals surface area contributed by atoms with Gasteiger partial charge in [0, 0.05) is 11.8 Å². The molecule has 6 heteroatoms. The third-order valence-corrected chi connectivity index (χ3v) is 3.64. The lowest BCUT2D eigenvalue weighted by Gasteiger charge is -2.06. The predicted molar refractivity (Wildman–Crippen MR) is 90.0 cm³/mol. The largest absolute Gasteiger partial charge is 0.399 e. The van der Waals surface area contributed by atoms with Crippen LogP contribution in [-0.4, -0.2) is 5.91 Å². The fraction of sp³-hybridized carbons (Fsp3) is 0. The summed E-state index contributed by atoms with van der Waals surface area (Å²) in [4.78, 5) is 11.9. The smallest absolute Gasteiger partial charge is 0.248 e. The van der Waals surface area contributed by atoms with Gasteiger partial charge in [0.15, 0.2) is 0 Å². The minimum atomic E-state index is -0.335. The van der Waals surface area contributed by atoms with Gasteiger partial charge in [-0.3, -0.25) is 4.79 Å². The lowest BCUT2D eigenvalue weighted by molar-refractivity contribution is -0.111. The number of anilines is 2. The van der Waals surface area contributed by atoms with Crippen LogP contribution in [0.15, 0.2) is 42.5 Å². The van der Waals surface area contributed by atoms with Crippen molar-refractivity contribution in [3.63, 3.8) is 0 Å². The first kappa shape index (κ1) is 15.7. The third-order valence-electron chi connectivity index (χ3n) is 2.61. The van der Waals surface area contributed by atoms with Crippen LogP contribution >= 0.6 is 34.8 Å². The van der Waals surface area contributed by atoms with Crippen molar-refractivity contribution in [3.8, 4) is 0 Å². The first-order chi connectivity index (χ1) is 9.95. The number of rotatable bonds is 3. The number of nitrogens with one attached hydrogen (secondary N) is 1. The van der Waals surface area contributed by atoms with E-state index in [2.05, 4.69) is 5.32 Å². The summed E-state index contributed by atoms with van der Waals surface area (Å²) >= 11 is 17.7. The van der Waals surface area contributed by atoms with Gasteiger partial charge in [-0.2, -0.15) is 0 Å². The monoisotopic (exact) mass is 340 g/mol. The van der Waals surface area contributed by atoms with Crippen molar-refractivity contribution in [2.24, 2.45) is 0 Å². The van der Waals surface area contributed by atoms with Crippen molar-refractivity contribution >= 4 is 58.2 Å². The van der Waals surface area contributed by atoms with Crippen LogP contribution in [0.4, 0.5) is 11.4 Å². The van der Waals surface area contributed by atoms with E-state index in [1.807, 2.05) is 12.1 Å². The maximum atomic E-state index is 11.9. The lowest BCUT2D eigenvalue weighted by Crippen LogP contribution is -2.08. The van der Waals surface area contributed by atoms with Crippen LogP contribution in [0, 0.1) is 0 Å². The molecule has 3 N–H and O–H groups in total. The first-order valence-corrected chi connectivity index (χ1v) is 7.08. The summed E-state index contributed by atoms with van der Waals surface area (Å²) < 4.78 is 0. The molecule has 2 aromatic carbocycles. The van der Waals surface area contributed by atoms with E-state index in [1.165, 1.54) is 18.2 Å². The standard InChI is InChI=1S/C15H11Cl3N2O/c16-11-7-13(18)14(8-12(11)17)20-15(21)5-4-9-2-1-3-10(19)6-9/h1-8H,19H2,(H,20,21)/b5-4+. The molecule has 2 rings (SSSR count). The van der Waals surface area contributed by atoms with Crippen LogP contribution in [0.1, 0.15) is 5.56 Å². The highest BCUT2D eigenvalue weighted by molar-refractivity contribution is 6.44. The third kappa shape index (κ3) is 4.39. The molecule has 0 bridgehead atoms. The van der Waals surface area contributed by atoms with Gasteiger partial charge in [-0.05, 0) is 35.9 Å². The van der Waals surface area contributed by atoms with Crippen molar-refractivity contribution < 1.29 is 4.79 Å². The average molecular weight is 342 g/mol. The zero-order valence-electron chi connectivity index (χ0n) is 10.7. The molecule has 0 aliphatic heterocycles. The topological polar surface area (TPSA) is 55.1 Å². The Hall–Kier alpha value is -1.68. The van der Waals surface area contributed by atoms with E-state index >= 15 is 0 Å². The van der Waals surface area contributed by atoms with Crippen LogP contribution < -0.4 is 11.1 Å². The summed E-state index contributed by atoms with van der Waals surface area (Å²) in [5, 5.41) is 3.59. The molecule has 0 unspecified atom stereocenters. The van der Waals surface area contributed by atoms with Crippen LogP contribution in [0.5, 0.6) is 0 Å². The molecule has 0 aliphatic rings. The zero-order valence-corrected chi connectivity index (χ0v) is 13.0. The number of benzene rings is 2. The van der Waals surface area contributed by atoms with Crippen LogP contribution in [-0.2, 0) is 4.79 Å². The molecule has 2 aromatic rings. The van der Waals surface area contributed by atoms with Crippen molar-refractivity contribution in [2.75, 3.05) is 11.1 Å². The minimum absolute atomic E-state index is 0.315. The van der Waals surface area contributed by atoms with Gasteiger partial charge in [0.1, 0.15) is 0 Å². The average Bonchev–Trinajstić information content (AvgIpc) is 2.43. The van der Waals surface area contributed by atoms with E-state index in [4.69, 9.17) is 40.5 Å². The van der Waals surface area contributed by atoms with Crippen molar-refractivity contribution in [1.82, 2.24) is 0 Å². The van der Waals surface area contributed by atoms with Gasteiger partial charge in [0.2, 0.25) is 5.91 Å². The Morgan fingerprint density at radius 1 is 1.05 bits per heavy atom. The molecule has 0 fully saturated rings. The van der Waals surface area contributed by atoms with E-state index in [0.29, 0.717) is 26.4 Å². The summed E-state index contributed by atoms with van der Waals surface area (Å²) in [5.74, 6) is -0.335. The highest BCUT2D eigenvalue weighted by Gasteiger charge is 2.07. The number of nitrogens with two attached hydrogens (primary N) is 1. The molecule has 0 atom stereocenters. The number of hydrogen-bond donors (Lipinski definition) is 2. The van der Waals surface area contributed by atoms with Gasteiger partial charge in [-0.1, -0.05) is 46.9 Å². The number of amides is 1. The highest BCUT2D eigenvalue weighted by atomic mass is 35.5. The first-order valence-electron chi connectivity index (χ1n) is 5.95. The number of nitrogen functional groups attached to an aromatic ring is 1. The lowest BCUT2D eigenvalue weighted by atomic mass is 10.2. The second-order valence-electron chi connectivity index (χ2n) is 4.24. The molecular formula is C15H11Cl3N2O. The van der Waals surface area contributed by atoms with Crippen LogP contribution in [0.3, 0.4) is 0 Å². The summed E-state index contributed by atoms with van der Waals surface area (Å²) in [5.41, 5.74) is 7.51. The fourth-order valence-electron chi connectivity index (χ4n) is 1.63. The second kappa shape index (κ2) is 6.85. The number of hydrogen-bond acceptors (Lipinski definition) is 2. The van der Waals surface area contributed by atoms with Gasteiger partial charge in [0.25, 0.3) is 0 Å². The molecule has 0 saturated heterocycles. The van der Waals surface area contributed by atoms with Gasteiger partial charge in [-0.15, -0.1) is 0 Å². The Morgan fingerprint density at radius 2 is 1.76 bits per heavy atom. The molecule has 1 amide bonds. The Morgan fingerprint density at radius 3 is 2.48 bits per heavy atom. The van der Waals surface area contributed by atoms with Gasteiger partial charge < -0.3 is 11.1 Å². The molecule has 0 saturated carbocycles. The summed E-state index contributed by atoms with van der Waals surface area (Å²) in [6, 6.07) is 10.2. The Bertz CT molecular complexity index is 714. The molecule has 0 spiro atoms. The predicted octanol–water partition coefficient (Wildman–Crippen LogP) is 4.88. The summed E-state index contributed by atoms with van der Waals surface area (Å²) in [6.07, 6.45) is 3.03. The Balaban J connectivity index is 2.10. The molecule has 21 heavy (non-hydrogen) atoms. The second-order valence-corrected chi connectivity index (χ2v) is 5.46. The zero-order chi connectivity index (χ0) is 15.4. The van der Waals surface area contributed by atoms with E-state index in [9.17, 15) is 4.79 Å². The molecule has 0 aliphatic carbocycles. The normalized spacial score (nSPS) is 10.8. The van der Waals surface area contributed by atoms with Crippen molar-refractivity contribution in [2.45, 2.75) is 0 Å². The van der Waals surface area contributed by atoms with Gasteiger partial charge >= 0.3 is 0 Å². The molecule has 0 radical (unpaired) electrons. The quantitative estimate of drug-likeness (QED) is 0.475. The number of halogens is 3. The van der Waals surface area contributed by atoms with Crippen LogP contribution in [0.25, 0.3) is 6.08 Å². The maximum absolute atomic E-state index is 11.9. The molecule has 3 nitrogen and oxygen atoms in total. The van der Waals surface area contributed by atoms with Crippen molar-refractivity contribution in [1.29, 1.82) is 0 Å². The van der Waals surface area contributed by atoms with Crippen LogP contribution in [0.2, 0.25) is 15.1 Å². The molecule has 0 heterocycles. The Kier molecular flexibility index (Phi) is 5.12. The SMILES string of the molecule is Nc1cccc(/C=C/C(=O)Nc2cc(Cl)c(Cl)cc2Cl)c1. The Labute approximate surface area is 137 Å². The number of carbonyl (C=O) groups is 1. The summed E-state index contributed by atoms with van der Waals surface area (Å²) in [6.45, 7) is 0. The van der Waals surface area contributed by atoms with E-state index in [-0.39, 0.29) is 5.91 Å². The highest BCUT2D eigenvalue weighted by Crippen LogP contribution is 2.32. The van der Waals surface area contributed by atoms with Crippen molar-refractivity contribution in [3.05, 3.63) is 63.1 Å². The summed E-state index contributed by atoms with van der Waals surface area (Å²) in [7, 11) is 0. The van der Waals surface area contributed by atoms with E-state index < -0.39 is 0 Å². The maximum Gasteiger partial charge on any atom is 0.248 e.